The molecule has 2 aromatic rings. The third-order valence-electron chi connectivity index (χ3n) is 4.15. The molecule has 0 fully saturated rings. The summed E-state index contributed by atoms with van der Waals surface area (Å²) in [6, 6.07) is 8.25. The number of pyridine rings is 1. The van der Waals surface area contributed by atoms with E-state index < -0.39 is 0 Å². The fourth-order valence-electron chi connectivity index (χ4n) is 2.25. The maximum atomic E-state index is 5.90. The third-order valence-corrected chi connectivity index (χ3v) is 4.15. The van der Waals surface area contributed by atoms with Crippen LogP contribution in [0.3, 0.4) is 0 Å². The number of nitrogens with two attached hydrogens (primary N) is 1. The first-order chi connectivity index (χ1) is 9.01. The summed E-state index contributed by atoms with van der Waals surface area (Å²) in [5.74, 6) is 0. The second-order valence-electron chi connectivity index (χ2n) is 5.58. The molecule has 0 bridgehead atoms. The van der Waals surface area contributed by atoms with Gasteiger partial charge in [0.1, 0.15) is 0 Å². The highest BCUT2D eigenvalue weighted by Gasteiger charge is 2.24. The average Bonchev–Trinajstić information content (AvgIpc) is 2.45. The molecule has 0 aliphatic heterocycles. The van der Waals surface area contributed by atoms with Gasteiger partial charge in [-0.15, -0.1) is 0 Å². The van der Waals surface area contributed by atoms with Crippen molar-refractivity contribution in [1.29, 1.82) is 0 Å². The lowest BCUT2D eigenvalue weighted by molar-refractivity contribution is 0.470. The molecule has 102 valence electrons. The van der Waals surface area contributed by atoms with E-state index in [-0.39, 0.29) is 5.54 Å². The molecule has 1 aromatic heterocycles. The molecule has 2 rings (SSSR count). The van der Waals surface area contributed by atoms with Gasteiger partial charge < -0.3 is 10.6 Å². The van der Waals surface area contributed by atoms with Crippen molar-refractivity contribution < 1.29 is 0 Å². The number of benzene rings is 1. The van der Waals surface area contributed by atoms with Gasteiger partial charge in [0, 0.05) is 36.3 Å². The van der Waals surface area contributed by atoms with Gasteiger partial charge in [-0.3, -0.25) is 4.98 Å². The molecule has 0 aliphatic carbocycles. The number of aromatic nitrogens is 1. The van der Waals surface area contributed by atoms with Crippen molar-refractivity contribution in [3.63, 3.8) is 0 Å². The van der Waals surface area contributed by atoms with Crippen LogP contribution in [-0.2, 0) is 6.54 Å². The Kier molecular flexibility index (Phi) is 3.76. The summed E-state index contributed by atoms with van der Waals surface area (Å²) in [4.78, 5) is 6.83. The lowest BCUT2D eigenvalue weighted by atomic mass is 9.97. The summed E-state index contributed by atoms with van der Waals surface area (Å²) in [7, 11) is 2.14. The first-order valence-electron chi connectivity index (χ1n) is 6.81. The van der Waals surface area contributed by atoms with Gasteiger partial charge in [0.15, 0.2) is 0 Å². The molecular formula is C16H23N3. The molecule has 3 heteroatoms. The monoisotopic (exact) mass is 257 g/mol. The average molecular weight is 257 g/mol. The molecule has 0 amide bonds. The molecule has 0 aliphatic rings. The van der Waals surface area contributed by atoms with E-state index in [1.807, 2.05) is 18.3 Å². The van der Waals surface area contributed by atoms with Crippen LogP contribution in [0.1, 0.15) is 32.8 Å². The number of nitrogens with zero attached hydrogens (tertiary/aromatic N) is 2. The minimum atomic E-state index is 0.0913. The Morgan fingerprint density at radius 2 is 1.95 bits per heavy atom. The zero-order valence-electron chi connectivity index (χ0n) is 12.3. The minimum absolute atomic E-state index is 0.0913. The highest BCUT2D eigenvalue weighted by atomic mass is 15.2. The number of anilines is 1. The topological polar surface area (TPSA) is 42.1 Å². The molecule has 0 spiro atoms. The van der Waals surface area contributed by atoms with Crippen LogP contribution in [0.25, 0.3) is 10.9 Å². The largest absolute Gasteiger partial charge is 0.369 e. The molecule has 0 atom stereocenters. The molecule has 2 N–H and O–H groups in total. The normalized spacial score (nSPS) is 11.8. The first-order valence-corrected chi connectivity index (χ1v) is 6.81. The zero-order valence-corrected chi connectivity index (χ0v) is 12.3. The van der Waals surface area contributed by atoms with Gasteiger partial charge >= 0.3 is 0 Å². The number of rotatable bonds is 4. The quantitative estimate of drug-likeness (QED) is 0.913. The summed E-state index contributed by atoms with van der Waals surface area (Å²) in [6.07, 6.45) is 2.98. The number of hydrogen-bond acceptors (Lipinski definition) is 3. The lowest BCUT2D eigenvalue weighted by Gasteiger charge is -2.38. The molecule has 3 nitrogen and oxygen atoms in total. The van der Waals surface area contributed by atoms with E-state index in [0.29, 0.717) is 6.54 Å². The zero-order chi connectivity index (χ0) is 14.0. The summed E-state index contributed by atoms with van der Waals surface area (Å²) in [5, 5.41) is 1.18. The van der Waals surface area contributed by atoms with Gasteiger partial charge in [0.25, 0.3) is 0 Å². The second-order valence-corrected chi connectivity index (χ2v) is 5.58. The smallest absolute Gasteiger partial charge is 0.0723 e. The molecule has 0 saturated carbocycles. The van der Waals surface area contributed by atoms with Crippen molar-refractivity contribution >= 4 is 16.6 Å². The van der Waals surface area contributed by atoms with Crippen LogP contribution in [0.4, 0.5) is 5.69 Å². The van der Waals surface area contributed by atoms with Crippen LogP contribution < -0.4 is 10.6 Å². The van der Waals surface area contributed by atoms with Crippen molar-refractivity contribution in [2.45, 2.75) is 39.3 Å². The van der Waals surface area contributed by atoms with Crippen molar-refractivity contribution in [3.05, 3.63) is 36.0 Å². The van der Waals surface area contributed by atoms with Crippen molar-refractivity contribution in [2.24, 2.45) is 5.73 Å². The van der Waals surface area contributed by atoms with E-state index in [4.69, 9.17) is 5.73 Å². The van der Waals surface area contributed by atoms with Crippen molar-refractivity contribution in [2.75, 3.05) is 11.9 Å². The number of para-hydroxylation sites is 1. The first kappa shape index (κ1) is 13.8. The fourth-order valence-corrected chi connectivity index (χ4v) is 2.25. The maximum absolute atomic E-state index is 5.90. The van der Waals surface area contributed by atoms with E-state index in [9.17, 15) is 0 Å². The molecule has 19 heavy (non-hydrogen) atoms. The third kappa shape index (κ3) is 2.43. The molecule has 0 unspecified atom stereocenters. The van der Waals surface area contributed by atoms with Gasteiger partial charge in [-0.2, -0.15) is 0 Å². The highest BCUT2D eigenvalue weighted by molar-refractivity contribution is 5.93. The summed E-state index contributed by atoms with van der Waals surface area (Å²) in [6.45, 7) is 7.23. The van der Waals surface area contributed by atoms with Crippen LogP contribution in [0.5, 0.6) is 0 Å². The fraction of sp³-hybridized carbons (Fsp3) is 0.438. The summed E-state index contributed by atoms with van der Waals surface area (Å²) >= 11 is 0. The van der Waals surface area contributed by atoms with Crippen LogP contribution in [0.2, 0.25) is 0 Å². The van der Waals surface area contributed by atoms with Crippen LogP contribution in [0.15, 0.2) is 30.5 Å². The highest BCUT2D eigenvalue weighted by Crippen LogP contribution is 2.33. The van der Waals surface area contributed by atoms with E-state index in [0.717, 1.165) is 17.5 Å². The van der Waals surface area contributed by atoms with Gasteiger partial charge in [-0.1, -0.05) is 25.1 Å². The minimum Gasteiger partial charge on any atom is -0.369 e. The summed E-state index contributed by atoms with van der Waals surface area (Å²) in [5.41, 5.74) is 9.32. The Morgan fingerprint density at radius 1 is 1.26 bits per heavy atom. The SMILES string of the molecule is CCC(C)(C)N(C)c1c(CN)cnc2ccccc12. The molecule has 0 radical (unpaired) electrons. The van der Waals surface area contributed by atoms with E-state index in [1.54, 1.807) is 0 Å². The van der Waals surface area contributed by atoms with Gasteiger partial charge in [0.05, 0.1) is 11.2 Å². The molecule has 1 aromatic carbocycles. The maximum Gasteiger partial charge on any atom is 0.0723 e. The second kappa shape index (κ2) is 5.17. The standard InChI is InChI=1S/C16H23N3/c1-5-16(2,3)19(4)15-12(10-17)11-18-14-9-7-6-8-13(14)15/h6-9,11H,5,10,17H2,1-4H3. The van der Waals surface area contributed by atoms with Crippen molar-refractivity contribution in [3.8, 4) is 0 Å². The van der Waals surface area contributed by atoms with Crippen molar-refractivity contribution in [1.82, 2.24) is 4.98 Å². The Hall–Kier alpha value is -1.61. The van der Waals surface area contributed by atoms with Crippen LogP contribution >= 0.6 is 0 Å². The van der Waals surface area contributed by atoms with Gasteiger partial charge in [-0.05, 0) is 26.3 Å². The van der Waals surface area contributed by atoms with Gasteiger partial charge in [0.2, 0.25) is 0 Å². The van der Waals surface area contributed by atoms with E-state index in [1.165, 1.54) is 11.1 Å². The Bertz CT molecular complexity index is 575. The molecular weight excluding hydrogens is 234 g/mol. The van der Waals surface area contributed by atoms with Crippen LogP contribution in [0, 0.1) is 0 Å². The predicted octanol–water partition coefficient (Wildman–Crippen LogP) is 3.32. The molecule has 1 heterocycles. The number of hydrogen-bond donors (Lipinski definition) is 1. The Morgan fingerprint density at radius 3 is 2.58 bits per heavy atom. The van der Waals surface area contributed by atoms with E-state index >= 15 is 0 Å². The summed E-state index contributed by atoms with van der Waals surface area (Å²) < 4.78 is 0. The lowest BCUT2D eigenvalue weighted by Crippen LogP contribution is -2.41. The van der Waals surface area contributed by atoms with E-state index in [2.05, 4.69) is 49.8 Å². The van der Waals surface area contributed by atoms with Gasteiger partial charge in [-0.25, -0.2) is 0 Å². The Labute approximate surface area is 115 Å². The number of fused-ring (bicyclic) bond motifs is 1. The predicted molar refractivity (Wildman–Crippen MR) is 82.4 cm³/mol. The Balaban J connectivity index is 2.69. The van der Waals surface area contributed by atoms with Crippen LogP contribution in [-0.4, -0.2) is 17.6 Å². The molecule has 0 saturated heterocycles.